The van der Waals surface area contributed by atoms with E-state index in [0.29, 0.717) is 44.2 Å². The fraction of sp³-hybridized carbons (Fsp3) is 0.103. The molecule has 1 aliphatic rings. The van der Waals surface area contributed by atoms with E-state index in [-0.39, 0.29) is 17.7 Å². The summed E-state index contributed by atoms with van der Waals surface area (Å²) in [6, 6.07) is 24.6. The number of halogens is 2. The number of carbonyl (C=O) groups excluding carboxylic acids is 2. The molecule has 4 aromatic carbocycles. The molecular weight excluding hydrogens is 529 g/mol. The molecule has 5 rings (SSSR count). The highest BCUT2D eigenvalue weighted by atomic mass is 35.5. The van der Waals surface area contributed by atoms with E-state index in [9.17, 15) is 9.59 Å². The van der Waals surface area contributed by atoms with Crippen LogP contribution in [0.3, 0.4) is 0 Å². The summed E-state index contributed by atoms with van der Waals surface area (Å²) in [4.78, 5) is 27.0. The first kappa shape index (κ1) is 25.2. The lowest BCUT2D eigenvalue weighted by Crippen LogP contribution is -2.27. The van der Waals surface area contributed by atoms with E-state index in [4.69, 9.17) is 32.7 Å². The maximum absolute atomic E-state index is 13.0. The average Bonchev–Trinajstić information content (AvgIpc) is 3.16. The number of thioether (sulfide) groups is 1. The molecule has 1 heterocycles. The fourth-order valence-electron chi connectivity index (χ4n) is 4.07. The van der Waals surface area contributed by atoms with E-state index in [1.54, 1.807) is 43.5 Å². The Morgan fingerprint density at radius 3 is 2.51 bits per heavy atom. The van der Waals surface area contributed by atoms with Crippen LogP contribution >= 0.6 is 35.0 Å². The average molecular weight is 550 g/mol. The van der Waals surface area contributed by atoms with E-state index in [1.807, 2.05) is 30.3 Å². The summed E-state index contributed by atoms with van der Waals surface area (Å²) in [6.45, 7) is 0.450. The van der Waals surface area contributed by atoms with Gasteiger partial charge in [0.2, 0.25) is 0 Å². The highest BCUT2D eigenvalue weighted by molar-refractivity contribution is 8.18. The zero-order valence-electron chi connectivity index (χ0n) is 19.7. The van der Waals surface area contributed by atoms with Gasteiger partial charge in [-0.05, 0) is 69.6 Å². The van der Waals surface area contributed by atoms with Crippen molar-refractivity contribution in [3.63, 3.8) is 0 Å². The van der Waals surface area contributed by atoms with Gasteiger partial charge in [0, 0.05) is 10.0 Å². The minimum atomic E-state index is -0.378. The van der Waals surface area contributed by atoms with Crippen molar-refractivity contribution in [1.82, 2.24) is 4.90 Å². The van der Waals surface area contributed by atoms with Crippen molar-refractivity contribution in [3.05, 3.63) is 111 Å². The SMILES string of the molecule is COc1cc(/C=C2\SC(=O)N(Cc3ccc(Cl)cc3Cl)C2=O)ccc1OCc1cccc2ccccc12. The number of imide groups is 1. The maximum Gasteiger partial charge on any atom is 0.293 e. The first-order chi connectivity index (χ1) is 17.9. The van der Waals surface area contributed by atoms with Gasteiger partial charge in [0.05, 0.1) is 18.6 Å². The smallest absolute Gasteiger partial charge is 0.293 e. The van der Waals surface area contributed by atoms with Gasteiger partial charge < -0.3 is 9.47 Å². The predicted molar refractivity (Wildman–Crippen MR) is 149 cm³/mol. The standard InChI is InChI=1S/C29H21Cl2NO4S/c1-35-26-13-18(9-12-25(26)36-17-21-7-4-6-19-5-2-3-8-23(19)21)14-27-28(33)32(29(34)37-27)16-20-10-11-22(30)15-24(20)31/h2-15H,16-17H2,1H3/b27-14-. The van der Waals surface area contributed by atoms with Gasteiger partial charge in [-0.25, -0.2) is 0 Å². The van der Waals surface area contributed by atoms with Gasteiger partial charge in [-0.1, -0.05) is 77.8 Å². The van der Waals surface area contributed by atoms with Gasteiger partial charge in [-0.15, -0.1) is 0 Å². The van der Waals surface area contributed by atoms with Crippen LogP contribution in [0.4, 0.5) is 4.79 Å². The van der Waals surface area contributed by atoms with Crippen LogP contribution in [0.1, 0.15) is 16.7 Å². The summed E-state index contributed by atoms with van der Waals surface area (Å²) < 4.78 is 11.6. The highest BCUT2D eigenvalue weighted by Crippen LogP contribution is 2.36. The molecule has 0 spiro atoms. The Bertz CT molecular complexity index is 1550. The van der Waals surface area contributed by atoms with Crippen LogP contribution in [0.15, 0.2) is 83.8 Å². The Morgan fingerprint density at radius 1 is 0.892 bits per heavy atom. The van der Waals surface area contributed by atoms with Crippen LogP contribution in [0.2, 0.25) is 10.0 Å². The molecule has 1 saturated heterocycles. The molecule has 0 saturated carbocycles. The number of rotatable bonds is 7. The quantitative estimate of drug-likeness (QED) is 0.219. The molecule has 186 valence electrons. The summed E-state index contributed by atoms with van der Waals surface area (Å²) in [5, 5.41) is 2.82. The fourth-order valence-corrected chi connectivity index (χ4v) is 5.38. The van der Waals surface area contributed by atoms with Crippen molar-refractivity contribution < 1.29 is 19.1 Å². The number of fused-ring (bicyclic) bond motifs is 1. The summed E-state index contributed by atoms with van der Waals surface area (Å²) in [6.07, 6.45) is 1.67. The minimum absolute atomic E-state index is 0.0717. The van der Waals surface area contributed by atoms with Crippen LogP contribution in [-0.4, -0.2) is 23.2 Å². The number of methoxy groups -OCH3 is 1. The normalized spacial score (nSPS) is 14.6. The first-order valence-corrected chi connectivity index (χ1v) is 13.0. The minimum Gasteiger partial charge on any atom is -0.493 e. The Kier molecular flexibility index (Phi) is 7.42. The monoisotopic (exact) mass is 549 g/mol. The van der Waals surface area contributed by atoms with E-state index in [1.165, 1.54) is 4.90 Å². The van der Waals surface area contributed by atoms with Gasteiger partial charge in [0.1, 0.15) is 6.61 Å². The summed E-state index contributed by atoms with van der Waals surface area (Å²) >= 11 is 13.1. The molecule has 0 bridgehead atoms. The second kappa shape index (κ2) is 10.9. The van der Waals surface area contributed by atoms with E-state index in [2.05, 4.69) is 18.2 Å². The molecule has 2 amide bonds. The summed E-state index contributed by atoms with van der Waals surface area (Å²) in [5.74, 6) is 0.732. The third kappa shape index (κ3) is 5.47. The predicted octanol–water partition coefficient (Wildman–Crippen LogP) is 7.97. The lowest BCUT2D eigenvalue weighted by Gasteiger charge is -2.14. The largest absolute Gasteiger partial charge is 0.493 e. The molecule has 37 heavy (non-hydrogen) atoms. The van der Waals surface area contributed by atoms with Crippen molar-refractivity contribution in [2.24, 2.45) is 0 Å². The molecule has 4 aromatic rings. The van der Waals surface area contributed by atoms with Crippen molar-refractivity contribution in [1.29, 1.82) is 0 Å². The third-order valence-electron chi connectivity index (χ3n) is 5.97. The molecule has 1 fully saturated rings. The Labute approximate surface area is 228 Å². The lowest BCUT2D eigenvalue weighted by molar-refractivity contribution is -0.123. The molecule has 1 aliphatic heterocycles. The Morgan fingerprint density at radius 2 is 1.70 bits per heavy atom. The molecule has 5 nitrogen and oxygen atoms in total. The van der Waals surface area contributed by atoms with Crippen LogP contribution < -0.4 is 9.47 Å². The molecule has 8 heteroatoms. The van der Waals surface area contributed by atoms with Crippen LogP contribution in [0, 0.1) is 0 Å². The summed E-state index contributed by atoms with van der Waals surface area (Å²) in [5.41, 5.74) is 2.42. The highest BCUT2D eigenvalue weighted by Gasteiger charge is 2.35. The molecule has 0 radical (unpaired) electrons. The van der Waals surface area contributed by atoms with E-state index >= 15 is 0 Å². The Hall–Kier alpha value is -3.45. The number of ether oxygens (including phenoxy) is 2. The van der Waals surface area contributed by atoms with Gasteiger partial charge >= 0.3 is 0 Å². The number of benzene rings is 4. The van der Waals surface area contributed by atoms with Gasteiger partial charge in [-0.3, -0.25) is 14.5 Å². The molecule has 0 aromatic heterocycles. The number of hydrogen-bond acceptors (Lipinski definition) is 5. The van der Waals surface area contributed by atoms with Crippen molar-refractivity contribution in [2.45, 2.75) is 13.2 Å². The second-order valence-corrected chi connectivity index (χ2v) is 10.2. The van der Waals surface area contributed by atoms with Crippen LogP contribution in [0.25, 0.3) is 16.8 Å². The molecule has 0 aliphatic carbocycles. The zero-order valence-corrected chi connectivity index (χ0v) is 22.1. The Balaban J connectivity index is 1.32. The van der Waals surface area contributed by atoms with E-state index < -0.39 is 0 Å². The second-order valence-electron chi connectivity index (χ2n) is 8.34. The number of hydrogen-bond donors (Lipinski definition) is 0. The molecule has 0 atom stereocenters. The molecular formula is C29H21Cl2NO4S. The van der Waals surface area contributed by atoms with Crippen molar-refractivity contribution in [3.8, 4) is 11.5 Å². The van der Waals surface area contributed by atoms with Crippen LogP contribution in [-0.2, 0) is 17.9 Å². The van der Waals surface area contributed by atoms with Crippen LogP contribution in [0.5, 0.6) is 11.5 Å². The molecule has 0 unspecified atom stereocenters. The van der Waals surface area contributed by atoms with Gasteiger partial charge in [0.15, 0.2) is 11.5 Å². The van der Waals surface area contributed by atoms with Crippen molar-refractivity contribution in [2.75, 3.05) is 7.11 Å². The topological polar surface area (TPSA) is 55.8 Å². The van der Waals surface area contributed by atoms with Gasteiger partial charge in [-0.2, -0.15) is 0 Å². The van der Waals surface area contributed by atoms with Crippen molar-refractivity contribution >= 4 is 63.0 Å². The zero-order chi connectivity index (χ0) is 25.9. The maximum atomic E-state index is 13.0. The van der Waals surface area contributed by atoms with E-state index in [0.717, 1.165) is 28.1 Å². The number of carbonyl (C=O) groups is 2. The number of amides is 2. The third-order valence-corrected chi connectivity index (χ3v) is 7.46. The number of nitrogens with zero attached hydrogens (tertiary/aromatic N) is 1. The summed E-state index contributed by atoms with van der Waals surface area (Å²) in [7, 11) is 1.56. The van der Waals surface area contributed by atoms with Gasteiger partial charge in [0.25, 0.3) is 11.1 Å². The molecule has 0 N–H and O–H groups in total. The first-order valence-electron chi connectivity index (χ1n) is 11.4. The lowest BCUT2D eigenvalue weighted by atomic mass is 10.1.